The second kappa shape index (κ2) is 10.3. The van der Waals surface area contributed by atoms with Crippen molar-refractivity contribution in [2.75, 3.05) is 13.1 Å². The standard InChI is InChI=1S/C18H19ClFNS.C2HF3O2/c1-12-10-14(19)2-4-17(12)22-18-5-3-15(20)11-16(18)13-6-8-21-9-7-13;3-2(4,5)1(6)7/h2-5,10-11,13,21H,6-9H2,1H3;(H,6,7). The SMILES string of the molecule is Cc1cc(Cl)ccc1Sc1ccc(F)cc1C1CCNCC1.O=C(O)C(F)(F)F. The van der Waals surface area contributed by atoms with E-state index in [1.807, 2.05) is 24.3 Å². The molecule has 1 aliphatic rings. The molecule has 0 amide bonds. The smallest absolute Gasteiger partial charge is 0.475 e. The molecule has 3 rings (SSSR count). The summed E-state index contributed by atoms with van der Waals surface area (Å²) in [7, 11) is 0. The quantitative estimate of drug-likeness (QED) is 0.561. The summed E-state index contributed by atoms with van der Waals surface area (Å²) in [5, 5.41) is 11.2. The van der Waals surface area contributed by atoms with E-state index in [1.54, 1.807) is 23.9 Å². The number of carbonyl (C=O) groups is 1. The molecule has 158 valence electrons. The molecule has 0 atom stereocenters. The highest BCUT2D eigenvalue weighted by Crippen LogP contribution is 2.39. The topological polar surface area (TPSA) is 49.3 Å². The highest BCUT2D eigenvalue weighted by Gasteiger charge is 2.38. The molecule has 0 spiro atoms. The molecule has 3 nitrogen and oxygen atoms in total. The van der Waals surface area contributed by atoms with Gasteiger partial charge in [0.25, 0.3) is 0 Å². The Hall–Kier alpha value is -1.77. The van der Waals surface area contributed by atoms with E-state index in [-0.39, 0.29) is 5.82 Å². The number of nitrogens with one attached hydrogen (secondary N) is 1. The van der Waals surface area contributed by atoms with Gasteiger partial charge in [0.2, 0.25) is 0 Å². The van der Waals surface area contributed by atoms with Gasteiger partial charge in [0.05, 0.1) is 0 Å². The first-order chi connectivity index (χ1) is 13.6. The van der Waals surface area contributed by atoms with Crippen LogP contribution in [0, 0.1) is 12.7 Å². The van der Waals surface area contributed by atoms with Crippen LogP contribution in [0.2, 0.25) is 5.02 Å². The summed E-state index contributed by atoms with van der Waals surface area (Å²) in [4.78, 5) is 11.2. The van der Waals surface area contributed by atoms with Crippen LogP contribution in [0.25, 0.3) is 0 Å². The number of carboxylic acid groups (broad SMARTS) is 1. The third-order valence-corrected chi connectivity index (χ3v) is 5.85. The third kappa shape index (κ3) is 7.21. The van der Waals surface area contributed by atoms with Crippen LogP contribution in [-0.4, -0.2) is 30.3 Å². The molecule has 1 aliphatic heterocycles. The molecule has 2 aromatic carbocycles. The number of piperidine rings is 1. The zero-order valence-electron chi connectivity index (χ0n) is 15.5. The van der Waals surface area contributed by atoms with E-state index in [0.29, 0.717) is 5.92 Å². The lowest BCUT2D eigenvalue weighted by molar-refractivity contribution is -0.192. The summed E-state index contributed by atoms with van der Waals surface area (Å²) >= 11 is 7.73. The van der Waals surface area contributed by atoms with Crippen LogP contribution >= 0.6 is 23.4 Å². The molecule has 1 saturated heterocycles. The Labute approximate surface area is 175 Å². The van der Waals surface area contributed by atoms with E-state index in [2.05, 4.69) is 12.2 Å². The number of benzene rings is 2. The number of hydrogen-bond donors (Lipinski definition) is 2. The summed E-state index contributed by atoms with van der Waals surface area (Å²) < 4.78 is 45.5. The summed E-state index contributed by atoms with van der Waals surface area (Å²) in [5.74, 6) is -2.47. The van der Waals surface area contributed by atoms with Crippen LogP contribution in [0.4, 0.5) is 17.6 Å². The zero-order chi connectivity index (χ0) is 21.6. The van der Waals surface area contributed by atoms with Gasteiger partial charge in [-0.1, -0.05) is 23.4 Å². The van der Waals surface area contributed by atoms with E-state index >= 15 is 0 Å². The van der Waals surface area contributed by atoms with Crippen LogP contribution in [0.3, 0.4) is 0 Å². The largest absolute Gasteiger partial charge is 0.490 e. The minimum absolute atomic E-state index is 0.147. The van der Waals surface area contributed by atoms with Crippen molar-refractivity contribution in [2.45, 2.75) is 41.7 Å². The Morgan fingerprint density at radius 3 is 2.28 bits per heavy atom. The molecule has 0 bridgehead atoms. The van der Waals surface area contributed by atoms with Crippen molar-refractivity contribution in [3.05, 3.63) is 58.4 Å². The first-order valence-corrected chi connectivity index (χ1v) is 10.0. The summed E-state index contributed by atoms with van der Waals surface area (Å²) in [6.07, 6.45) is -2.95. The Kier molecular flexibility index (Phi) is 8.36. The van der Waals surface area contributed by atoms with Crippen molar-refractivity contribution in [3.8, 4) is 0 Å². The van der Waals surface area contributed by atoms with E-state index in [4.69, 9.17) is 21.5 Å². The Bertz CT molecular complexity index is 855. The summed E-state index contributed by atoms with van der Waals surface area (Å²) in [6, 6.07) is 11.1. The summed E-state index contributed by atoms with van der Waals surface area (Å²) in [6.45, 7) is 4.07. The first kappa shape index (κ1) is 23.5. The van der Waals surface area contributed by atoms with Gasteiger partial charge in [-0.05, 0) is 86.3 Å². The van der Waals surface area contributed by atoms with Crippen LogP contribution in [-0.2, 0) is 4.79 Å². The second-order valence-electron chi connectivity index (χ2n) is 6.52. The van der Waals surface area contributed by atoms with Gasteiger partial charge in [-0.15, -0.1) is 0 Å². The van der Waals surface area contributed by atoms with Crippen molar-refractivity contribution in [1.29, 1.82) is 0 Å². The van der Waals surface area contributed by atoms with Gasteiger partial charge in [-0.25, -0.2) is 9.18 Å². The Balaban J connectivity index is 0.000000370. The highest BCUT2D eigenvalue weighted by atomic mass is 35.5. The molecular formula is C20H20ClF4NO2S. The zero-order valence-corrected chi connectivity index (χ0v) is 17.1. The predicted molar refractivity (Wildman–Crippen MR) is 105 cm³/mol. The fourth-order valence-electron chi connectivity index (χ4n) is 2.91. The van der Waals surface area contributed by atoms with Crippen molar-refractivity contribution in [3.63, 3.8) is 0 Å². The number of aliphatic carboxylic acids is 1. The van der Waals surface area contributed by atoms with Crippen molar-refractivity contribution in [1.82, 2.24) is 5.32 Å². The second-order valence-corrected chi connectivity index (χ2v) is 8.04. The van der Waals surface area contributed by atoms with E-state index in [0.717, 1.165) is 47.0 Å². The monoisotopic (exact) mass is 449 g/mol. The Morgan fingerprint density at radius 1 is 1.14 bits per heavy atom. The number of alkyl halides is 3. The third-order valence-electron chi connectivity index (χ3n) is 4.35. The maximum Gasteiger partial charge on any atom is 0.490 e. The predicted octanol–water partition coefficient (Wildman–Crippen LogP) is 6.04. The van der Waals surface area contributed by atoms with E-state index < -0.39 is 12.1 Å². The number of carboxylic acids is 1. The van der Waals surface area contributed by atoms with Crippen molar-refractivity contribution < 1.29 is 27.5 Å². The number of halogens is 5. The number of aryl methyl sites for hydroxylation is 1. The van der Waals surface area contributed by atoms with Gasteiger partial charge in [-0.2, -0.15) is 13.2 Å². The Morgan fingerprint density at radius 2 is 1.72 bits per heavy atom. The molecule has 0 saturated carbocycles. The molecule has 1 heterocycles. The molecule has 2 aromatic rings. The lowest BCUT2D eigenvalue weighted by Crippen LogP contribution is -2.26. The average molecular weight is 450 g/mol. The van der Waals surface area contributed by atoms with E-state index in [1.165, 1.54) is 4.90 Å². The van der Waals surface area contributed by atoms with Gasteiger partial charge >= 0.3 is 12.1 Å². The van der Waals surface area contributed by atoms with Crippen molar-refractivity contribution in [2.24, 2.45) is 0 Å². The van der Waals surface area contributed by atoms with Gasteiger partial charge in [0.1, 0.15) is 5.82 Å². The molecule has 0 aliphatic carbocycles. The van der Waals surface area contributed by atoms with Crippen molar-refractivity contribution >= 4 is 29.3 Å². The lowest BCUT2D eigenvalue weighted by atomic mass is 9.90. The molecule has 0 radical (unpaired) electrons. The lowest BCUT2D eigenvalue weighted by Gasteiger charge is -2.25. The minimum Gasteiger partial charge on any atom is -0.475 e. The number of hydrogen-bond acceptors (Lipinski definition) is 3. The first-order valence-electron chi connectivity index (χ1n) is 8.82. The minimum atomic E-state index is -5.08. The van der Waals surface area contributed by atoms with Gasteiger partial charge in [-0.3, -0.25) is 0 Å². The fraction of sp³-hybridized carbons (Fsp3) is 0.350. The maximum atomic E-state index is 13.7. The summed E-state index contributed by atoms with van der Waals surface area (Å²) in [5.41, 5.74) is 2.29. The normalized spacial score (nSPS) is 14.8. The van der Waals surface area contributed by atoms with Gasteiger partial charge in [0, 0.05) is 14.8 Å². The molecule has 0 aromatic heterocycles. The van der Waals surface area contributed by atoms with Crippen LogP contribution < -0.4 is 5.32 Å². The highest BCUT2D eigenvalue weighted by molar-refractivity contribution is 7.99. The average Bonchev–Trinajstić information content (AvgIpc) is 2.65. The van der Waals surface area contributed by atoms with Crippen LogP contribution in [0.15, 0.2) is 46.2 Å². The molecule has 1 fully saturated rings. The van der Waals surface area contributed by atoms with Crippen LogP contribution in [0.5, 0.6) is 0 Å². The van der Waals surface area contributed by atoms with Crippen LogP contribution in [0.1, 0.15) is 29.9 Å². The molecule has 2 N–H and O–H groups in total. The molecular weight excluding hydrogens is 430 g/mol. The van der Waals surface area contributed by atoms with E-state index in [9.17, 15) is 17.6 Å². The molecule has 0 unspecified atom stereocenters. The molecule has 9 heteroatoms. The molecule has 29 heavy (non-hydrogen) atoms. The number of rotatable bonds is 3. The maximum absolute atomic E-state index is 13.7. The van der Waals surface area contributed by atoms with Gasteiger partial charge < -0.3 is 10.4 Å². The fourth-order valence-corrected chi connectivity index (χ4v) is 4.21. The van der Waals surface area contributed by atoms with Gasteiger partial charge in [0.15, 0.2) is 0 Å².